The van der Waals surface area contributed by atoms with Gasteiger partial charge in [0.1, 0.15) is 0 Å². The van der Waals surface area contributed by atoms with Crippen LogP contribution in [0, 0.1) is 10.1 Å². The normalized spacial score (nSPS) is 10.6. The molecule has 2 aromatic rings. The summed E-state index contributed by atoms with van der Waals surface area (Å²) < 4.78 is 7.06. The van der Waals surface area contributed by atoms with Crippen molar-refractivity contribution in [2.75, 3.05) is 0 Å². The Morgan fingerprint density at radius 1 is 1.48 bits per heavy atom. The second-order valence-electron chi connectivity index (χ2n) is 4.60. The number of hydrogen-bond acceptors (Lipinski definition) is 5. The van der Waals surface area contributed by atoms with Crippen molar-refractivity contribution in [3.05, 3.63) is 46.3 Å². The van der Waals surface area contributed by atoms with Crippen LogP contribution in [-0.4, -0.2) is 25.8 Å². The Bertz CT molecular complexity index is 693. The van der Waals surface area contributed by atoms with Gasteiger partial charge in [0, 0.05) is 12.1 Å². The first-order valence-electron chi connectivity index (χ1n) is 6.12. The molecule has 110 valence electrons. The summed E-state index contributed by atoms with van der Waals surface area (Å²) in [5.74, 6) is -0.930. The molecule has 0 radical (unpaired) electrons. The Morgan fingerprint density at radius 2 is 2.19 bits per heavy atom. The summed E-state index contributed by atoms with van der Waals surface area (Å²) in [6.07, 6.45) is 3.05. The second kappa shape index (κ2) is 5.61. The number of nitro benzene ring substituents is 1. The van der Waals surface area contributed by atoms with E-state index in [1.165, 1.54) is 18.3 Å². The summed E-state index contributed by atoms with van der Waals surface area (Å²) in [4.78, 5) is 21.2. The van der Waals surface area contributed by atoms with Gasteiger partial charge in [0.25, 0.3) is 0 Å². The predicted molar refractivity (Wildman–Crippen MR) is 72.7 cm³/mol. The molecule has 1 heterocycles. The van der Waals surface area contributed by atoms with E-state index in [9.17, 15) is 14.9 Å². The van der Waals surface area contributed by atoms with Crippen molar-refractivity contribution in [3.63, 3.8) is 0 Å². The number of rotatable bonds is 5. The highest BCUT2D eigenvalue weighted by Crippen LogP contribution is 2.32. The average molecular weight is 291 g/mol. The largest absolute Gasteiger partial charge is 0.478 e. The lowest BCUT2D eigenvalue weighted by Crippen LogP contribution is -2.00. The molecular weight excluding hydrogens is 278 g/mol. The highest BCUT2D eigenvalue weighted by Gasteiger charge is 2.19. The molecule has 0 spiro atoms. The van der Waals surface area contributed by atoms with Gasteiger partial charge in [0.05, 0.1) is 22.9 Å². The third kappa shape index (κ3) is 3.16. The molecule has 0 saturated carbocycles. The second-order valence-corrected chi connectivity index (χ2v) is 4.60. The van der Waals surface area contributed by atoms with E-state index in [0.717, 1.165) is 6.07 Å². The number of aromatic nitrogens is 2. The van der Waals surface area contributed by atoms with Crippen molar-refractivity contribution in [1.29, 1.82) is 0 Å². The van der Waals surface area contributed by atoms with Gasteiger partial charge in [0.15, 0.2) is 5.75 Å². The van der Waals surface area contributed by atoms with Crippen LogP contribution in [0.3, 0.4) is 0 Å². The molecule has 1 N–H and O–H groups in total. The molecule has 2 rings (SSSR count). The molecule has 0 atom stereocenters. The van der Waals surface area contributed by atoms with E-state index in [0.29, 0.717) is 5.75 Å². The van der Waals surface area contributed by atoms with E-state index in [-0.39, 0.29) is 17.4 Å². The molecule has 0 unspecified atom stereocenters. The van der Waals surface area contributed by atoms with Gasteiger partial charge >= 0.3 is 11.7 Å². The van der Waals surface area contributed by atoms with Gasteiger partial charge in [-0.3, -0.25) is 14.8 Å². The smallest absolute Gasteiger partial charge is 0.335 e. The fourth-order valence-electron chi connectivity index (χ4n) is 1.66. The number of aromatic carboxylic acids is 1. The van der Waals surface area contributed by atoms with E-state index in [1.54, 1.807) is 10.9 Å². The zero-order valence-electron chi connectivity index (χ0n) is 11.4. The third-order valence-electron chi connectivity index (χ3n) is 2.74. The van der Waals surface area contributed by atoms with Crippen LogP contribution in [0.5, 0.6) is 11.5 Å². The van der Waals surface area contributed by atoms with E-state index in [4.69, 9.17) is 9.84 Å². The van der Waals surface area contributed by atoms with Gasteiger partial charge in [-0.25, -0.2) is 4.79 Å². The third-order valence-corrected chi connectivity index (χ3v) is 2.74. The van der Waals surface area contributed by atoms with Gasteiger partial charge in [-0.05, 0) is 26.0 Å². The number of carbonyl (C=O) groups is 1. The van der Waals surface area contributed by atoms with Gasteiger partial charge < -0.3 is 9.84 Å². The summed E-state index contributed by atoms with van der Waals surface area (Å²) in [5, 5.41) is 23.9. The van der Waals surface area contributed by atoms with E-state index >= 15 is 0 Å². The Balaban J connectivity index is 2.34. The van der Waals surface area contributed by atoms with Gasteiger partial charge in [-0.15, -0.1) is 0 Å². The Labute approximate surface area is 119 Å². The van der Waals surface area contributed by atoms with Crippen LogP contribution in [-0.2, 0) is 0 Å². The topological polar surface area (TPSA) is 107 Å². The molecule has 0 amide bonds. The molecule has 8 heteroatoms. The molecule has 0 aliphatic rings. The Kier molecular flexibility index (Phi) is 3.88. The number of benzene rings is 1. The predicted octanol–water partition coefficient (Wildman–Crippen LogP) is 2.86. The summed E-state index contributed by atoms with van der Waals surface area (Å²) in [6, 6.07) is 3.60. The zero-order chi connectivity index (χ0) is 15.6. The molecule has 0 bridgehead atoms. The number of hydrogen-bond donors (Lipinski definition) is 1. The van der Waals surface area contributed by atoms with Gasteiger partial charge in [-0.1, -0.05) is 0 Å². The zero-order valence-corrected chi connectivity index (χ0v) is 11.4. The minimum Gasteiger partial charge on any atom is -0.478 e. The standard InChI is InChI=1S/C13H13N3O5/c1-8(2)15-7-10(6-14-15)21-12-4-3-9(13(17)18)5-11(12)16(19)20/h3-8H,1-2H3,(H,17,18). The van der Waals surface area contributed by atoms with Gasteiger partial charge in [0.2, 0.25) is 5.75 Å². The van der Waals surface area contributed by atoms with Crippen LogP contribution in [0.1, 0.15) is 30.2 Å². The lowest BCUT2D eigenvalue weighted by Gasteiger charge is -2.05. The Morgan fingerprint density at radius 3 is 2.71 bits per heavy atom. The monoisotopic (exact) mass is 291 g/mol. The van der Waals surface area contributed by atoms with E-state index < -0.39 is 16.6 Å². The van der Waals surface area contributed by atoms with Crippen LogP contribution in [0.2, 0.25) is 0 Å². The number of ether oxygens (including phenoxy) is 1. The summed E-state index contributed by atoms with van der Waals surface area (Å²) in [6.45, 7) is 3.86. The van der Waals surface area contributed by atoms with Crippen molar-refractivity contribution in [2.45, 2.75) is 19.9 Å². The first-order chi connectivity index (χ1) is 9.88. The molecular formula is C13H13N3O5. The number of carboxylic acids is 1. The fraction of sp³-hybridized carbons (Fsp3) is 0.231. The number of nitro groups is 1. The Hall–Kier alpha value is -2.90. The molecule has 21 heavy (non-hydrogen) atoms. The van der Waals surface area contributed by atoms with Gasteiger partial charge in [-0.2, -0.15) is 5.10 Å². The first-order valence-corrected chi connectivity index (χ1v) is 6.12. The maximum atomic E-state index is 11.0. The fourth-order valence-corrected chi connectivity index (χ4v) is 1.66. The van der Waals surface area contributed by atoms with E-state index in [2.05, 4.69) is 5.10 Å². The van der Waals surface area contributed by atoms with Crippen molar-refractivity contribution in [1.82, 2.24) is 9.78 Å². The van der Waals surface area contributed by atoms with Crippen LogP contribution >= 0.6 is 0 Å². The maximum Gasteiger partial charge on any atom is 0.335 e. The lowest BCUT2D eigenvalue weighted by atomic mass is 10.2. The van der Waals surface area contributed by atoms with Crippen LogP contribution in [0.4, 0.5) is 5.69 Å². The van der Waals surface area contributed by atoms with Crippen molar-refractivity contribution < 1.29 is 19.6 Å². The first kappa shape index (κ1) is 14.5. The van der Waals surface area contributed by atoms with Crippen LogP contribution in [0.25, 0.3) is 0 Å². The summed E-state index contributed by atoms with van der Waals surface area (Å²) in [5.41, 5.74) is -0.584. The van der Waals surface area contributed by atoms with Crippen molar-refractivity contribution in [3.8, 4) is 11.5 Å². The summed E-state index contributed by atoms with van der Waals surface area (Å²) >= 11 is 0. The maximum absolute atomic E-state index is 11.0. The van der Waals surface area contributed by atoms with E-state index in [1.807, 2.05) is 13.8 Å². The molecule has 8 nitrogen and oxygen atoms in total. The lowest BCUT2D eigenvalue weighted by molar-refractivity contribution is -0.385. The molecule has 1 aromatic carbocycles. The minimum atomic E-state index is -1.24. The molecule has 1 aromatic heterocycles. The molecule has 0 saturated heterocycles. The SMILES string of the molecule is CC(C)n1cc(Oc2ccc(C(=O)O)cc2[N+](=O)[O-])cn1. The highest BCUT2D eigenvalue weighted by atomic mass is 16.6. The van der Waals surface area contributed by atoms with Crippen molar-refractivity contribution >= 4 is 11.7 Å². The quantitative estimate of drug-likeness (QED) is 0.670. The van der Waals surface area contributed by atoms with Crippen LogP contribution in [0.15, 0.2) is 30.6 Å². The van der Waals surface area contributed by atoms with Crippen LogP contribution < -0.4 is 4.74 Å². The molecule has 0 aliphatic carbocycles. The average Bonchev–Trinajstić information content (AvgIpc) is 2.87. The minimum absolute atomic E-state index is 0.0340. The highest BCUT2D eigenvalue weighted by molar-refractivity contribution is 5.88. The summed E-state index contributed by atoms with van der Waals surface area (Å²) in [7, 11) is 0. The molecule has 0 aliphatic heterocycles. The number of carboxylic acid groups (broad SMARTS) is 1. The number of nitrogens with zero attached hydrogens (tertiary/aromatic N) is 3. The van der Waals surface area contributed by atoms with Crippen molar-refractivity contribution in [2.24, 2.45) is 0 Å². The molecule has 0 fully saturated rings.